The zero-order valence-corrected chi connectivity index (χ0v) is 20.0. The molecule has 1 unspecified atom stereocenters. The fourth-order valence-electron chi connectivity index (χ4n) is 3.96. The first-order valence-corrected chi connectivity index (χ1v) is 11.3. The highest BCUT2D eigenvalue weighted by atomic mass is 19.4. The fourth-order valence-corrected chi connectivity index (χ4v) is 3.96. The molecule has 3 aromatic carbocycles. The van der Waals surface area contributed by atoms with Gasteiger partial charge in [-0.1, -0.05) is 49.4 Å². The van der Waals surface area contributed by atoms with Crippen LogP contribution in [0.2, 0.25) is 0 Å². The molecule has 0 aliphatic rings. The number of ether oxygens (including phenoxy) is 1. The van der Waals surface area contributed by atoms with E-state index < -0.39 is 42.1 Å². The third kappa shape index (κ3) is 7.11. The number of nitrogens with zero attached hydrogens (tertiary/aromatic N) is 1. The van der Waals surface area contributed by atoms with Crippen molar-refractivity contribution in [2.24, 2.45) is 0 Å². The van der Waals surface area contributed by atoms with Crippen molar-refractivity contribution in [3.8, 4) is 11.1 Å². The van der Waals surface area contributed by atoms with E-state index in [1.807, 2.05) is 0 Å². The maximum Gasteiger partial charge on any atom is 0.416 e. The van der Waals surface area contributed by atoms with E-state index in [-0.39, 0.29) is 35.3 Å². The minimum absolute atomic E-state index is 0.000749. The number of hydrogen-bond acceptors (Lipinski definition) is 4. The molecule has 0 saturated carbocycles. The molecule has 0 fully saturated rings. The summed E-state index contributed by atoms with van der Waals surface area (Å²) in [7, 11) is 1.10. The maximum atomic E-state index is 13.7. The number of carbonyl (C=O) groups excluding carboxylic acids is 1. The summed E-state index contributed by atoms with van der Waals surface area (Å²) in [5.41, 5.74) is -1.34. The van der Waals surface area contributed by atoms with Gasteiger partial charge in [-0.2, -0.15) is 26.3 Å². The fraction of sp³-hybridized carbons (Fsp3) is 0.296. The molecule has 198 valence electrons. The summed E-state index contributed by atoms with van der Waals surface area (Å²) >= 11 is 0. The maximum absolute atomic E-state index is 13.7. The zero-order chi connectivity index (χ0) is 27.4. The molecule has 4 nitrogen and oxygen atoms in total. The van der Waals surface area contributed by atoms with Crippen molar-refractivity contribution < 1.29 is 41.0 Å². The number of hydrogen-bond donors (Lipinski definition) is 1. The minimum Gasteiger partial charge on any atom is -0.469 e. The van der Waals surface area contributed by atoms with Crippen molar-refractivity contribution in [2.45, 2.75) is 38.5 Å². The van der Waals surface area contributed by atoms with Gasteiger partial charge in [0.15, 0.2) is 0 Å². The smallest absolute Gasteiger partial charge is 0.416 e. The lowest BCUT2D eigenvalue weighted by molar-refractivity contribution is -0.140. The van der Waals surface area contributed by atoms with Gasteiger partial charge >= 0.3 is 18.3 Å². The molecule has 0 saturated heterocycles. The lowest BCUT2D eigenvalue weighted by Crippen LogP contribution is -2.28. The number of rotatable bonds is 8. The van der Waals surface area contributed by atoms with Gasteiger partial charge in [-0.3, -0.25) is 9.69 Å². The number of carbonyl (C=O) groups is 1. The van der Waals surface area contributed by atoms with Crippen LogP contribution in [0.15, 0.2) is 66.7 Å². The largest absolute Gasteiger partial charge is 0.469 e. The Morgan fingerprint density at radius 2 is 1.57 bits per heavy atom. The summed E-state index contributed by atoms with van der Waals surface area (Å²) in [6.45, 7) is 1.76. The Morgan fingerprint density at radius 1 is 0.919 bits per heavy atom. The molecule has 0 spiro atoms. The number of aliphatic hydroxyl groups is 1. The lowest BCUT2D eigenvalue weighted by Gasteiger charge is -2.28. The van der Waals surface area contributed by atoms with Crippen LogP contribution in [0.4, 0.5) is 26.3 Å². The van der Waals surface area contributed by atoms with E-state index in [9.17, 15) is 36.2 Å². The second-order valence-corrected chi connectivity index (χ2v) is 8.39. The van der Waals surface area contributed by atoms with Gasteiger partial charge in [0.05, 0.1) is 24.7 Å². The van der Waals surface area contributed by atoms with Crippen LogP contribution in [-0.4, -0.2) is 29.6 Å². The van der Waals surface area contributed by atoms with Crippen molar-refractivity contribution in [1.82, 2.24) is 4.90 Å². The van der Waals surface area contributed by atoms with E-state index >= 15 is 0 Å². The predicted molar refractivity (Wildman–Crippen MR) is 125 cm³/mol. The number of methoxy groups -OCH3 is 1. The molecule has 1 N–H and O–H groups in total. The van der Waals surface area contributed by atoms with Gasteiger partial charge in [0.25, 0.3) is 0 Å². The highest BCUT2D eigenvalue weighted by molar-refractivity contribution is 5.75. The van der Waals surface area contributed by atoms with Crippen LogP contribution < -0.4 is 0 Å². The van der Waals surface area contributed by atoms with Crippen LogP contribution in [0.1, 0.15) is 41.0 Å². The molecule has 0 aliphatic heterocycles. The highest BCUT2D eigenvalue weighted by Gasteiger charge is 2.33. The van der Waals surface area contributed by atoms with E-state index in [0.29, 0.717) is 5.56 Å². The van der Waals surface area contributed by atoms with E-state index in [4.69, 9.17) is 0 Å². The molecule has 0 heterocycles. The average molecular weight is 525 g/mol. The van der Waals surface area contributed by atoms with Crippen molar-refractivity contribution in [3.05, 3.63) is 94.5 Å². The molecule has 0 amide bonds. The molecular formula is C27H25F6NO3. The lowest BCUT2D eigenvalue weighted by atomic mass is 9.93. The summed E-state index contributed by atoms with van der Waals surface area (Å²) in [5.74, 6) is -0.763. The Morgan fingerprint density at radius 3 is 2.14 bits per heavy atom. The van der Waals surface area contributed by atoms with Gasteiger partial charge < -0.3 is 9.84 Å². The molecular weight excluding hydrogens is 500 g/mol. The van der Waals surface area contributed by atoms with Crippen LogP contribution in [0.5, 0.6) is 0 Å². The van der Waals surface area contributed by atoms with Crippen LogP contribution in [0.3, 0.4) is 0 Å². The summed E-state index contributed by atoms with van der Waals surface area (Å²) in [6.07, 6.45) is -11.1. The molecule has 0 aliphatic carbocycles. The quantitative estimate of drug-likeness (QED) is 0.204. The third-order valence-corrected chi connectivity index (χ3v) is 5.86. The van der Waals surface area contributed by atoms with Gasteiger partial charge in [0.1, 0.15) is 6.23 Å². The van der Waals surface area contributed by atoms with E-state index in [1.165, 1.54) is 11.0 Å². The van der Waals surface area contributed by atoms with Crippen LogP contribution in [-0.2, 0) is 34.8 Å². The Hall–Kier alpha value is -3.37. The summed E-state index contributed by atoms with van der Waals surface area (Å²) in [4.78, 5) is 13.2. The normalized spacial score (nSPS) is 13.0. The number of esters is 1. The summed E-state index contributed by atoms with van der Waals surface area (Å²) in [5, 5.41) is 10.9. The second kappa shape index (κ2) is 11.4. The summed E-state index contributed by atoms with van der Waals surface area (Å²) < 4.78 is 86.2. The molecule has 0 bridgehead atoms. The van der Waals surface area contributed by atoms with Crippen LogP contribution >= 0.6 is 0 Å². The van der Waals surface area contributed by atoms with Gasteiger partial charge in [-0.05, 0) is 58.6 Å². The average Bonchev–Trinajstić information content (AvgIpc) is 2.86. The van der Waals surface area contributed by atoms with Crippen molar-refractivity contribution in [2.75, 3.05) is 13.7 Å². The molecule has 37 heavy (non-hydrogen) atoms. The van der Waals surface area contributed by atoms with Crippen LogP contribution in [0, 0.1) is 0 Å². The minimum atomic E-state index is -4.76. The third-order valence-electron chi connectivity index (χ3n) is 5.86. The Kier molecular flexibility index (Phi) is 8.65. The molecule has 3 aromatic rings. The van der Waals surface area contributed by atoms with Crippen LogP contribution in [0.25, 0.3) is 11.1 Å². The zero-order valence-electron chi connectivity index (χ0n) is 20.0. The SMILES string of the molecule is CCN(Cc1cc(C(F)(F)F)ccc1-c1cc(CC(=O)OC)cc(C(F)(F)F)c1)C(O)c1ccccc1. The molecule has 0 radical (unpaired) electrons. The van der Waals surface area contributed by atoms with Gasteiger partial charge in [0.2, 0.25) is 0 Å². The Bertz CT molecular complexity index is 1230. The van der Waals surface area contributed by atoms with Crippen molar-refractivity contribution >= 4 is 5.97 Å². The van der Waals surface area contributed by atoms with Gasteiger partial charge in [-0.15, -0.1) is 0 Å². The molecule has 3 rings (SSSR count). The number of benzene rings is 3. The van der Waals surface area contributed by atoms with Gasteiger partial charge in [-0.25, -0.2) is 0 Å². The predicted octanol–water partition coefficient (Wildman–Crippen LogP) is 6.62. The monoisotopic (exact) mass is 525 g/mol. The van der Waals surface area contributed by atoms with E-state index in [0.717, 1.165) is 37.4 Å². The van der Waals surface area contributed by atoms with Crippen molar-refractivity contribution in [3.63, 3.8) is 0 Å². The first kappa shape index (κ1) is 28.2. The standard InChI is InChI=1S/C27H25F6NO3/c1-3-34(25(36)18-7-5-4-6-8-18)16-20-15-21(26(28,29)30)9-10-23(20)19-11-17(13-24(35)37-2)12-22(14-19)27(31,32)33/h4-12,14-15,25,36H,3,13,16H2,1-2H3. The van der Waals surface area contributed by atoms with Crippen molar-refractivity contribution in [1.29, 1.82) is 0 Å². The molecule has 10 heteroatoms. The molecule has 1 atom stereocenters. The summed E-state index contributed by atoms with van der Waals surface area (Å²) in [6, 6.07) is 14.2. The number of halogens is 6. The highest BCUT2D eigenvalue weighted by Crippen LogP contribution is 2.38. The number of alkyl halides is 6. The van der Waals surface area contributed by atoms with E-state index in [1.54, 1.807) is 37.3 Å². The second-order valence-electron chi connectivity index (χ2n) is 8.39. The number of aliphatic hydroxyl groups excluding tert-OH is 1. The Balaban J connectivity index is 2.15. The first-order chi connectivity index (χ1) is 17.3. The van der Waals surface area contributed by atoms with Gasteiger partial charge in [0, 0.05) is 6.54 Å². The first-order valence-electron chi connectivity index (χ1n) is 11.3. The topological polar surface area (TPSA) is 49.8 Å². The van der Waals surface area contributed by atoms with E-state index in [2.05, 4.69) is 4.74 Å². The molecule has 0 aromatic heterocycles. The Labute approximate surface area is 210 Å².